The van der Waals surface area contributed by atoms with Gasteiger partial charge in [-0.1, -0.05) is 5.92 Å². The van der Waals surface area contributed by atoms with Crippen molar-refractivity contribution in [1.29, 1.82) is 5.41 Å². The van der Waals surface area contributed by atoms with Crippen molar-refractivity contribution in [3.63, 3.8) is 0 Å². The summed E-state index contributed by atoms with van der Waals surface area (Å²) in [7, 11) is 0. The largest absolute Gasteiger partial charge is 0.480 e. The van der Waals surface area contributed by atoms with Gasteiger partial charge in [-0.05, 0) is 44.0 Å². The number of hydrogen-bond donors (Lipinski definition) is 4. The maximum absolute atomic E-state index is 13.1. The fourth-order valence-corrected chi connectivity index (χ4v) is 3.47. The number of benzene rings is 1. The molecule has 1 fully saturated rings. The summed E-state index contributed by atoms with van der Waals surface area (Å²) in [6, 6.07) is 8.65. The van der Waals surface area contributed by atoms with E-state index in [1.165, 1.54) is 11.8 Å². The van der Waals surface area contributed by atoms with E-state index in [1.807, 2.05) is 0 Å². The molecule has 1 saturated heterocycles. The fourth-order valence-electron chi connectivity index (χ4n) is 3.47. The number of Topliss-reactive ketones (excluding diaryl/α,β-unsaturated/α-hetero) is 1. The number of carbonyl (C=O) groups excluding carboxylic acids is 2. The highest BCUT2D eigenvalue weighted by Crippen LogP contribution is 2.40. The third-order valence-corrected chi connectivity index (χ3v) is 5.00. The maximum Gasteiger partial charge on any atom is 0.319 e. The fraction of sp³-hybridized carbons (Fsp3) is 0.368. The van der Waals surface area contributed by atoms with Gasteiger partial charge in [0.25, 0.3) is 0 Å². The molecule has 2 atom stereocenters. The average molecular weight is 370 g/mol. The van der Waals surface area contributed by atoms with E-state index < -0.39 is 29.0 Å². The van der Waals surface area contributed by atoms with Gasteiger partial charge in [-0.2, -0.15) is 0 Å². The predicted octanol–water partition coefficient (Wildman–Crippen LogP) is 0.683. The minimum Gasteiger partial charge on any atom is -0.480 e. The molecule has 0 radical (unpaired) electrons. The third kappa shape index (κ3) is 3.62. The Morgan fingerprint density at radius 3 is 2.48 bits per heavy atom. The number of piperidine rings is 1. The smallest absolute Gasteiger partial charge is 0.319 e. The van der Waals surface area contributed by atoms with Gasteiger partial charge >= 0.3 is 5.97 Å². The molecule has 27 heavy (non-hydrogen) atoms. The number of carboxylic acids is 1. The van der Waals surface area contributed by atoms with E-state index in [1.54, 1.807) is 24.3 Å². The van der Waals surface area contributed by atoms with E-state index in [2.05, 4.69) is 12.0 Å². The number of carboxylic acid groups (broad SMARTS) is 1. The second kappa shape index (κ2) is 7.91. The first-order valence-electron chi connectivity index (χ1n) is 8.44. The Morgan fingerprint density at radius 2 is 2.00 bits per heavy atom. The van der Waals surface area contributed by atoms with E-state index in [0.29, 0.717) is 24.2 Å². The first-order chi connectivity index (χ1) is 12.8. The standard InChI is InChI=1S/C19H22N4O4/c1-12(24)19(18(26)27,9-3-10-20)15-4-2-11-23(17(15)25)14-7-5-13(6-8-14)16(21)22/h5-8,15H,2,4,9,11,20H2,1H3,(H3,21,22)(H,26,27). The molecule has 0 aromatic heterocycles. The van der Waals surface area contributed by atoms with Gasteiger partial charge in [0, 0.05) is 30.3 Å². The molecular weight excluding hydrogens is 348 g/mol. The molecule has 8 heteroatoms. The van der Waals surface area contributed by atoms with Crippen molar-refractivity contribution >= 4 is 29.2 Å². The number of rotatable bonds is 6. The minimum absolute atomic E-state index is 0.0915. The van der Waals surface area contributed by atoms with Gasteiger partial charge < -0.3 is 21.5 Å². The predicted molar refractivity (Wildman–Crippen MR) is 99.9 cm³/mol. The molecular formula is C19H22N4O4. The molecule has 1 aliphatic heterocycles. The molecule has 0 spiro atoms. The van der Waals surface area contributed by atoms with Crippen LogP contribution in [0.3, 0.4) is 0 Å². The average Bonchev–Trinajstić information content (AvgIpc) is 2.63. The van der Waals surface area contributed by atoms with Gasteiger partial charge in [0.1, 0.15) is 17.0 Å². The van der Waals surface area contributed by atoms with E-state index in [0.717, 1.165) is 0 Å². The lowest BCUT2D eigenvalue weighted by Gasteiger charge is -2.40. The molecule has 0 bridgehead atoms. The van der Waals surface area contributed by atoms with Crippen molar-refractivity contribution in [3.05, 3.63) is 29.8 Å². The molecule has 142 valence electrons. The molecule has 2 unspecified atom stereocenters. The number of aliphatic carboxylic acids is 1. The van der Waals surface area contributed by atoms with Crippen LogP contribution < -0.4 is 16.4 Å². The Bertz CT molecular complexity index is 822. The second-order valence-electron chi connectivity index (χ2n) is 6.48. The number of nitrogen functional groups attached to an aromatic ring is 1. The summed E-state index contributed by atoms with van der Waals surface area (Å²) in [6.45, 7) is 1.57. The number of nitrogens with zero attached hydrogens (tertiary/aromatic N) is 1. The molecule has 6 N–H and O–H groups in total. The summed E-state index contributed by atoms with van der Waals surface area (Å²) in [5.74, 6) is -1.09. The van der Waals surface area contributed by atoms with Crippen LogP contribution in [0.15, 0.2) is 24.3 Å². The van der Waals surface area contributed by atoms with Gasteiger partial charge in [0.05, 0.1) is 5.92 Å². The second-order valence-corrected chi connectivity index (χ2v) is 6.48. The Morgan fingerprint density at radius 1 is 1.37 bits per heavy atom. The highest BCUT2D eigenvalue weighted by atomic mass is 16.4. The van der Waals surface area contributed by atoms with Gasteiger partial charge in [-0.15, -0.1) is 0 Å². The van der Waals surface area contributed by atoms with Crippen LogP contribution in [0.5, 0.6) is 0 Å². The van der Waals surface area contributed by atoms with Gasteiger partial charge in [0.2, 0.25) is 5.91 Å². The number of hydrogen-bond acceptors (Lipinski definition) is 5. The molecule has 1 amide bonds. The Balaban J connectivity index is 2.43. The summed E-state index contributed by atoms with van der Waals surface area (Å²) >= 11 is 0. The number of ketones is 1. The van der Waals surface area contributed by atoms with Crippen LogP contribution in [-0.2, 0) is 14.4 Å². The SMILES string of the molecule is CC(=O)C(CC#CN)(C(=O)O)C1CCCN(c2ccc(C(=N)N)cc2)C1=O. The zero-order valence-electron chi connectivity index (χ0n) is 15.0. The highest BCUT2D eigenvalue weighted by molar-refractivity contribution is 6.09. The van der Waals surface area contributed by atoms with Crippen LogP contribution in [0.1, 0.15) is 31.7 Å². The van der Waals surface area contributed by atoms with Crippen molar-refractivity contribution in [2.75, 3.05) is 11.4 Å². The maximum atomic E-state index is 13.1. The molecule has 1 aromatic rings. The molecule has 1 aliphatic rings. The van der Waals surface area contributed by atoms with Crippen molar-refractivity contribution < 1.29 is 19.5 Å². The van der Waals surface area contributed by atoms with Crippen molar-refractivity contribution in [1.82, 2.24) is 0 Å². The van der Waals surface area contributed by atoms with Crippen LogP contribution in [0, 0.1) is 28.7 Å². The Kier molecular flexibility index (Phi) is 5.85. The minimum atomic E-state index is -1.93. The number of nitrogens with one attached hydrogen (secondary N) is 1. The van der Waals surface area contributed by atoms with Crippen LogP contribution in [0.4, 0.5) is 5.69 Å². The zero-order valence-corrected chi connectivity index (χ0v) is 15.0. The Labute approximate surface area is 157 Å². The lowest BCUT2D eigenvalue weighted by atomic mass is 9.66. The number of carbonyl (C=O) groups is 3. The lowest BCUT2D eigenvalue weighted by Crippen LogP contribution is -2.54. The van der Waals surface area contributed by atoms with E-state index in [9.17, 15) is 19.5 Å². The van der Waals surface area contributed by atoms with E-state index >= 15 is 0 Å². The first kappa shape index (κ1) is 20.0. The van der Waals surface area contributed by atoms with Crippen LogP contribution in [0.25, 0.3) is 0 Å². The summed E-state index contributed by atoms with van der Waals surface area (Å²) < 4.78 is 0. The Hall–Kier alpha value is -3.34. The van der Waals surface area contributed by atoms with Crippen LogP contribution >= 0.6 is 0 Å². The number of amidine groups is 1. The zero-order chi connectivity index (χ0) is 20.2. The summed E-state index contributed by atoms with van der Waals surface area (Å²) in [5.41, 5.74) is 9.75. The van der Waals surface area contributed by atoms with E-state index in [-0.39, 0.29) is 18.7 Å². The van der Waals surface area contributed by atoms with Crippen molar-refractivity contribution in [2.24, 2.45) is 22.8 Å². The normalized spacial score (nSPS) is 18.8. The molecule has 1 aromatic carbocycles. The molecule has 8 nitrogen and oxygen atoms in total. The number of amides is 1. The van der Waals surface area contributed by atoms with Crippen LogP contribution in [-0.4, -0.2) is 35.1 Å². The van der Waals surface area contributed by atoms with Gasteiger partial charge in [0.15, 0.2) is 0 Å². The topological polar surface area (TPSA) is 151 Å². The number of anilines is 1. The summed E-state index contributed by atoms with van der Waals surface area (Å²) in [5, 5.41) is 17.2. The molecule has 2 rings (SSSR count). The van der Waals surface area contributed by atoms with Crippen LogP contribution in [0.2, 0.25) is 0 Å². The highest BCUT2D eigenvalue weighted by Gasteiger charge is 2.54. The van der Waals surface area contributed by atoms with Gasteiger partial charge in [-0.25, -0.2) is 0 Å². The third-order valence-electron chi connectivity index (χ3n) is 5.00. The van der Waals surface area contributed by atoms with E-state index in [4.69, 9.17) is 16.9 Å². The lowest BCUT2D eigenvalue weighted by molar-refractivity contribution is -0.162. The summed E-state index contributed by atoms with van der Waals surface area (Å²) in [6.07, 6.45) is 0.504. The number of nitrogens with two attached hydrogens (primary N) is 2. The quantitative estimate of drug-likeness (QED) is 0.190. The summed E-state index contributed by atoms with van der Waals surface area (Å²) in [4.78, 5) is 39.0. The monoisotopic (exact) mass is 370 g/mol. The molecule has 1 heterocycles. The van der Waals surface area contributed by atoms with Crippen molar-refractivity contribution in [3.8, 4) is 12.0 Å². The van der Waals surface area contributed by atoms with Gasteiger partial charge in [-0.3, -0.25) is 19.8 Å². The van der Waals surface area contributed by atoms with Crippen molar-refractivity contribution in [2.45, 2.75) is 26.2 Å². The molecule has 0 saturated carbocycles. The molecule has 0 aliphatic carbocycles. The first-order valence-corrected chi connectivity index (χ1v) is 8.44.